The van der Waals surface area contributed by atoms with Crippen molar-refractivity contribution in [2.75, 3.05) is 12.4 Å². The van der Waals surface area contributed by atoms with Crippen molar-refractivity contribution >= 4 is 5.82 Å². The van der Waals surface area contributed by atoms with Crippen molar-refractivity contribution in [3.63, 3.8) is 0 Å². The monoisotopic (exact) mass is 195 g/mol. The molecule has 0 aromatic carbocycles. The lowest BCUT2D eigenvalue weighted by molar-refractivity contribution is 0.401. The second-order valence-electron chi connectivity index (χ2n) is 3.39. The summed E-state index contributed by atoms with van der Waals surface area (Å²) in [6, 6.07) is 0.443. The number of nitrogens with zero attached hydrogens (tertiary/aromatic N) is 1. The van der Waals surface area contributed by atoms with Crippen LogP contribution >= 0.6 is 0 Å². The maximum atomic E-state index is 11.3. The van der Waals surface area contributed by atoms with E-state index in [1.54, 1.807) is 0 Å². The maximum Gasteiger partial charge on any atom is 0.295 e. The predicted octanol–water partition coefficient (Wildman–Crippen LogP) is 0.743. The molecule has 14 heavy (non-hydrogen) atoms. The highest BCUT2D eigenvalue weighted by atomic mass is 16.5. The summed E-state index contributed by atoms with van der Waals surface area (Å²) in [7, 11) is 1.47. The number of H-pyrrole nitrogens is 1. The Labute approximate surface area is 81.5 Å². The van der Waals surface area contributed by atoms with E-state index in [0.29, 0.717) is 11.9 Å². The van der Waals surface area contributed by atoms with Crippen molar-refractivity contribution < 1.29 is 4.74 Å². The van der Waals surface area contributed by atoms with Crippen LogP contribution < -0.4 is 15.6 Å². The van der Waals surface area contributed by atoms with Crippen LogP contribution in [0.2, 0.25) is 0 Å². The zero-order valence-electron chi connectivity index (χ0n) is 8.04. The highest BCUT2D eigenvalue weighted by molar-refractivity contribution is 5.48. The van der Waals surface area contributed by atoms with Crippen LogP contribution in [0.1, 0.15) is 19.3 Å². The molecular formula is C9H13N3O2. The molecule has 1 saturated carbocycles. The third-order valence-electron chi connectivity index (χ3n) is 2.46. The molecule has 76 valence electrons. The normalized spacial score (nSPS) is 16.1. The molecule has 0 saturated heterocycles. The fraction of sp³-hybridized carbons (Fsp3) is 0.556. The van der Waals surface area contributed by atoms with Gasteiger partial charge in [-0.05, 0) is 19.3 Å². The van der Waals surface area contributed by atoms with Gasteiger partial charge in [-0.25, -0.2) is 4.98 Å². The number of hydrogen-bond acceptors (Lipinski definition) is 4. The molecule has 2 N–H and O–H groups in total. The van der Waals surface area contributed by atoms with Gasteiger partial charge >= 0.3 is 0 Å². The average Bonchev–Trinajstić information content (AvgIpc) is 2.11. The van der Waals surface area contributed by atoms with E-state index in [1.807, 2.05) is 0 Å². The number of nitrogens with one attached hydrogen (secondary N) is 2. The van der Waals surface area contributed by atoms with Gasteiger partial charge in [0.25, 0.3) is 5.56 Å². The number of aromatic amines is 1. The second-order valence-corrected chi connectivity index (χ2v) is 3.39. The Hall–Kier alpha value is -1.52. The molecule has 1 aromatic heterocycles. The van der Waals surface area contributed by atoms with Gasteiger partial charge in [0, 0.05) is 6.04 Å². The quantitative estimate of drug-likeness (QED) is 0.746. The van der Waals surface area contributed by atoms with Gasteiger partial charge in [0.1, 0.15) is 0 Å². The lowest BCUT2D eigenvalue weighted by Gasteiger charge is -2.27. The van der Waals surface area contributed by atoms with E-state index in [0.717, 1.165) is 12.8 Å². The first-order chi connectivity index (χ1) is 6.81. The summed E-state index contributed by atoms with van der Waals surface area (Å²) in [4.78, 5) is 17.8. The number of aromatic nitrogens is 2. The topological polar surface area (TPSA) is 67.0 Å². The predicted molar refractivity (Wildman–Crippen MR) is 52.7 cm³/mol. The minimum absolute atomic E-state index is 0.246. The van der Waals surface area contributed by atoms with Crippen molar-refractivity contribution in [1.29, 1.82) is 0 Å². The largest absolute Gasteiger partial charge is 0.489 e. The van der Waals surface area contributed by atoms with E-state index in [2.05, 4.69) is 15.3 Å². The molecule has 1 aromatic rings. The highest BCUT2D eigenvalue weighted by Crippen LogP contribution is 2.24. The third kappa shape index (κ3) is 1.57. The van der Waals surface area contributed by atoms with E-state index >= 15 is 0 Å². The van der Waals surface area contributed by atoms with Crippen LogP contribution in [0.15, 0.2) is 11.1 Å². The van der Waals surface area contributed by atoms with Gasteiger partial charge in [-0.1, -0.05) is 0 Å². The SMILES string of the molecule is COc1c(NC2CCC2)nc[nH]c1=O. The number of hydrogen-bond donors (Lipinski definition) is 2. The summed E-state index contributed by atoms with van der Waals surface area (Å²) < 4.78 is 4.98. The summed E-state index contributed by atoms with van der Waals surface area (Å²) in [6.45, 7) is 0. The van der Waals surface area contributed by atoms with Gasteiger partial charge in [-0.15, -0.1) is 0 Å². The van der Waals surface area contributed by atoms with Gasteiger partial charge in [-0.3, -0.25) is 4.79 Å². The Kier molecular flexibility index (Phi) is 2.39. The zero-order valence-corrected chi connectivity index (χ0v) is 8.04. The number of rotatable bonds is 3. The molecule has 1 aliphatic rings. The van der Waals surface area contributed by atoms with E-state index in [9.17, 15) is 4.79 Å². The van der Waals surface area contributed by atoms with Crippen LogP contribution in [0, 0.1) is 0 Å². The molecule has 0 radical (unpaired) electrons. The summed E-state index contributed by atoms with van der Waals surface area (Å²) in [5.41, 5.74) is -0.246. The second kappa shape index (κ2) is 3.69. The average molecular weight is 195 g/mol. The van der Waals surface area contributed by atoms with Gasteiger partial charge in [0.05, 0.1) is 13.4 Å². The van der Waals surface area contributed by atoms with Crippen molar-refractivity contribution in [2.24, 2.45) is 0 Å². The Balaban J connectivity index is 2.22. The number of ether oxygens (including phenoxy) is 1. The Morgan fingerprint density at radius 3 is 3.00 bits per heavy atom. The van der Waals surface area contributed by atoms with Crippen molar-refractivity contribution in [3.05, 3.63) is 16.7 Å². The summed E-state index contributed by atoms with van der Waals surface area (Å²) in [5, 5.41) is 3.18. The minimum atomic E-state index is -0.246. The molecule has 0 spiro atoms. The fourth-order valence-electron chi connectivity index (χ4n) is 1.43. The first-order valence-electron chi connectivity index (χ1n) is 4.69. The van der Waals surface area contributed by atoms with Gasteiger partial charge in [0.15, 0.2) is 5.82 Å². The van der Waals surface area contributed by atoms with Crippen LogP contribution in [0.25, 0.3) is 0 Å². The number of methoxy groups -OCH3 is 1. The van der Waals surface area contributed by atoms with Gasteiger partial charge < -0.3 is 15.0 Å². The minimum Gasteiger partial charge on any atom is -0.489 e. The lowest BCUT2D eigenvalue weighted by atomic mass is 9.93. The molecule has 0 bridgehead atoms. The Bertz CT molecular complexity index is 371. The summed E-state index contributed by atoms with van der Waals surface area (Å²) in [5.74, 6) is 0.806. The Morgan fingerprint density at radius 2 is 2.43 bits per heavy atom. The summed E-state index contributed by atoms with van der Waals surface area (Å²) >= 11 is 0. The third-order valence-corrected chi connectivity index (χ3v) is 2.46. The fourth-order valence-corrected chi connectivity index (χ4v) is 1.43. The van der Waals surface area contributed by atoms with E-state index in [4.69, 9.17) is 4.74 Å². The maximum absolute atomic E-state index is 11.3. The molecule has 1 fully saturated rings. The zero-order chi connectivity index (χ0) is 9.97. The van der Waals surface area contributed by atoms with Crippen LogP contribution in [-0.4, -0.2) is 23.1 Å². The molecule has 0 amide bonds. The van der Waals surface area contributed by atoms with E-state index in [1.165, 1.54) is 19.9 Å². The first-order valence-corrected chi connectivity index (χ1v) is 4.69. The molecule has 5 nitrogen and oxygen atoms in total. The highest BCUT2D eigenvalue weighted by Gasteiger charge is 2.19. The molecular weight excluding hydrogens is 182 g/mol. The van der Waals surface area contributed by atoms with Crippen LogP contribution in [0.3, 0.4) is 0 Å². The lowest BCUT2D eigenvalue weighted by Crippen LogP contribution is -2.28. The van der Waals surface area contributed by atoms with E-state index < -0.39 is 0 Å². The van der Waals surface area contributed by atoms with Crippen molar-refractivity contribution in [3.8, 4) is 5.75 Å². The molecule has 5 heteroatoms. The van der Waals surface area contributed by atoms with Gasteiger partial charge in [-0.2, -0.15) is 0 Å². The molecule has 0 atom stereocenters. The molecule has 0 aliphatic heterocycles. The molecule has 0 unspecified atom stereocenters. The van der Waals surface area contributed by atoms with Crippen LogP contribution in [0.4, 0.5) is 5.82 Å². The van der Waals surface area contributed by atoms with Gasteiger partial charge in [0.2, 0.25) is 5.75 Å². The first kappa shape index (κ1) is 9.05. The van der Waals surface area contributed by atoms with Crippen molar-refractivity contribution in [1.82, 2.24) is 9.97 Å². The standard InChI is InChI=1S/C9H13N3O2/c1-14-7-8(10-5-11-9(7)13)12-6-3-2-4-6/h5-6H,2-4H2,1H3,(H2,10,11,12,13). The van der Waals surface area contributed by atoms with Crippen LogP contribution in [0.5, 0.6) is 5.75 Å². The van der Waals surface area contributed by atoms with Crippen LogP contribution in [-0.2, 0) is 0 Å². The smallest absolute Gasteiger partial charge is 0.295 e. The molecule has 1 aliphatic carbocycles. The van der Waals surface area contributed by atoms with Crippen molar-refractivity contribution in [2.45, 2.75) is 25.3 Å². The number of anilines is 1. The molecule has 2 rings (SSSR count). The summed E-state index contributed by atoms with van der Waals surface area (Å²) in [6.07, 6.45) is 4.89. The Morgan fingerprint density at radius 1 is 1.64 bits per heavy atom. The molecule has 1 heterocycles. The van der Waals surface area contributed by atoms with E-state index in [-0.39, 0.29) is 11.3 Å².